The van der Waals surface area contributed by atoms with E-state index in [1.165, 1.54) is 16.7 Å². The van der Waals surface area contributed by atoms with Crippen LogP contribution >= 0.6 is 11.3 Å². The van der Waals surface area contributed by atoms with Gasteiger partial charge in [0.25, 0.3) is 0 Å². The molecule has 1 aromatic carbocycles. The number of rotatable bonds is 4. The van der Waals surface area contributed by atoms with E-state index in [4.69, 9.17) is 10.5 Å². The highest BCUT2D eigenvalue weighted by atomic mass is 32.1. The second-order valence-electron chi connectivity index (χ2n) is 4.84. The SMILES string of the molecule is Cc1cc(C)c(OCc2nc(C)c(CN)s2)c(C)c1. The Labute approximate surface area is 118 Å². The van der Waals surface area contributed by atoms with Crippen LogP contribution < -0.4 is 10.5 Å². The van der Waals surface area contributed by atoms with Gasteiger partial charge in [0, 0.05) is 11.4 Å². The third kappa shape index (κ3) is 3.14. The highest BCUT2D eigenvalue weighted by Gasteiger charge is 2.09. The van der Waals surface area contributed by atoms with Crippen molar-refractivity contribution >= 4 is 11.3 Å². The molecule has 102 valence electrons. The smallest absolute Gasteiger partial charge is 0.140 e. The van der Waals surface area contributed by atoms with E-state index >= 15 is 0 Å². The molecular formula is C15H20N2OS. The molecule has 0 saturated heterocycles. The van der Waals surface area contributed by atoms with Crippen LogP contribution in [-0.4, -0.2) is 4.98 Å². The fourth-order valence-corrected chi connectivity index (χ4v) is 3.13. The molecule has 0 aliphatic rings. The maximum atomic E-state index is 5.93. The molecule has 2 rings (SSSR count). The fourth-order valence-electron chi connectivity index (χ4n) is 2.27. The van der Waals surface area contributed by atoms with Crippen molar-refractivity contribution in [2.24, 2.45) is 5.73 Å². The van der Waals surface area contributed by atoms with E-state index in [0.717, 1.165) is 21.3 Å². The Hall–Kier alpha value is -1.39. The van der Waals surface area contributed by atoms with Gasteiger partial charge in [0.15, 0.2) is 0 Å². The summed E-state index contributed by atoms with van der Waals surface area (Å²) in [6.45, 7) is 9.30. The molecule has 3 nitrogen and oxygen atoms in total. The van der Waals surface area contributed by atoms with Gasteiger partial charge in [0.05, 0.1) is 5.69 Å². The van der Waals surface area contributed by atoms with Crippen LogP contribution in [0.25, 0.3) is 0 Å². The molecule has 0 atom stereocenters. The zero-order valence-corrected chi connectivity index (χ0v) is 12.7. The molecule has 19 heavy (non-hydrogen) atoms. The van der Waals surface area contributed by atoms with Crippen molar-refractivity contribution in [2.45, 2.75) is 40.8 Å². The Balaban J connectivity index is 2.14. The molecule has 0 spiro atoms. The summed E-state index contributed by atoms with van der Waals surface area (Å²) in [6, 6.07) is 4.28. The van der Waals surface area contributed by atoms with Crippen LogP contribution in [0.15, 0.2) is 12.1 Å². The standard InChI is InChI=1S/C15H20N2OS/c1-9-5-10(2)15(11(3)6-9)18-8-14-17-12(4)13(7-16)19-14/h5-6H,7-8,16H2,1-4H3. The molecule has 0 radical (unpaired) electrons. The van der Waals surface area contributed by atoms with Gasteiger partial charge in [-0.05, 0) is 38.8 Å². The second-order valence-corrected chi connectivity index (χ2v) is 6.01. The lowest BCUT2D eigenvalue weighted by molar-refractivity contribution is 0.301. The third-order valence-corrected chi connectivity index (χ3v) is 4.22. The van der Waals surface area contributed by atoms with Crippen LogP contribution in [0.1, 0.15) is 32.3 Å². The van der Waals surface area contributed by atoms with Gasteiger partial charge in [-0.15, -0.1) is 11.3 Å². The topological polar surface area (TPSA) is 48.1 Å². The monoisotopic (exact) mass is 276 g/mol. The fraction of sp³-hybridized carbons (Fsp3) is 0.400. The van der Waals surface area contributed by atoms with Gasteiger partial charge in [-0.2, -0.15) is 0 Å². The van der Waals surface area contributed by atoms with E-state index in [0.29, 0.717) is 13.2 Å². The first-order valence-corrected chi connectivity index (χ1v) is 7.18. The lowest BCUT2D eigenvalue weighted by atomic mass is 10.1. The molecule has 0 amide bonds. The number of benzene rings is 1. The summed E-state index contributed by atoms with van der Waals surface area (Å²) in [5, 5.41) is 0.984. The number of thiazole rings is 1. The molecular weight excluding hydrogens is 256 g/mol. The van der Waals surface area contributed by atoms with Crippen molar-refractivity contribution in [3.05, 3.63) is 44.4 Å². The zero-order valence-electron chi connectivity index (χ0n) is 11.9. The minimum atomic E-state index is 0.510. The van der Waals surface area contributed by atoms with Crippen LogP contribution in [0.2, 0.25) is 0 Å². The molecule has 4 heteroatoms. The number of aryl methyl sites for hydroxylation is 4. The number of nitrogens with two attached hydrogens (primary N) is 1. The van der Waals surface area contributed by atoms with Crippen molar-refractivity contribution in [2.75, 3.05) is 0 Å². The Morgan fingerprint density at radius 3 is 2.32 bits per heavy atom. The van der Waals surface area contributed by atoms with E-state index in [2.05, 4.69) is 37.9 Å². The van der Waals surface area contributed by atoms with Crippen LogP contribution in [0.5, 0.6) is 5.75 Å². The summed E-state index contributed by atoms with van der Waals surface area (Å²) in [7, 11) is 0. The van der Waals surface area contributed by atoms with Crippen LogP contribution in [0.3, 0.4) is 0 Å². The third-order valence-electron chi connectivity index (χ3n) is 3.07. The van der Waals surface area contributed by atoms with E-state index < -0.39 is 0 Å². The highest BCUT2D eigenvalue weighted by molar-refractivity contribution is 7.11. The molecule has 0 bridgehead atoms. The van der Waals surface area contributed by atoms with Crippen LogP contribution in [0.4, 0.5) is 0 Å². The van der Waals surface area contributed by atoms with Crippen molar-refractivity contribution in [1.29, 1.82) is 0 Å². The molecule has 0 aliphatic carbocycles. The zero-order chi connectivity index (χ0) is 14.0. The van der Waals surface area contributed by atoms with Gasteiger partial charge < -0.3 is 10.5 Å². The molecule has 0 fully saturated rings. The maximum Gasteiger partial charge on any atom is 0.140 e. The average molecular weight is 276 g/mol. The number of aromatic nitrogens is 1. The van der Waals surface area contributed by atoms with Gasteiger partial charge in [-0.1, -0.05) is 17.7 Å². The van der Waals surface area contributed by atoms with E-state index in [9.17, 15) is 0 Å². The minimum Gasteiger partial charge on any atom is -0.486 e. The van der Waals surface area contributed by atoms with Crippen LogP contribution in [-0.2, 0) is 13.2 Å². The van der Waals surface area contributed by atoms with E-state index in [1.807, 2.05) is 6.92 Å². The van der Waals surface area contributed by atoms with E-state index in [1.54, 1.807) is 11.3 Å². The number of nitrogens with zero attached hydrogens (tertiary/aromatic N) is 1. The Bertz CT molecular complexity index is 567. The van der Waals surface area contributed by atoms with Gasteiger partial charge in [0.2, 0.25) is 0 Å². The number of hydrogen-bond acceptors (Lipinski definition) is 4. The first-order valence-electron chi connectivity index (χ1n) is 6.37. The average Bonchev–Trinajstić information content (AvgIpc) is 2.68. The molecule has 1 heterocycles. The molecule has 2 N–H and O–H groups in total. The molecule has 0 saturated carbocycles. The first-order chi connectivity index (χ1) is 9.01. The lowest BCUT2D eigenvalue weighted by Gasteiger charge is -2.12. The van der Waals surface area contributed by atoms with Gasteiger partial charge in [0.1, 0.15) is 17.4 Å². The quantitative estimate of drug-likeness (QED) is 0.931. The van der Waals surface area contributed by atoms with Gasteiger partial charge in [-0.25, -0.2) is 4.98 Å². The Morgan fingerprint density at radius 1 is 1.16 bits per heavy atom. The van der Waals surface area contributed by atoms with Crippen molar-refractivity contribution in [3.63, 3.8) is 0 Å². The summed E-state index contributed by atoms with van der Waals surface area (Å²) < 4.78 is 5.93. The van der Waals surface area contributed by atoms with Crippen molar-refractivity contribution in [3.8, 4) is 5.75 Å². The predicted octanol–water partition coefficient (Wildman–Crippen LogP) is 3.41. The number of ether oxygens (including phenoxy) is 1. The summed E-state index contributed by atoms with van der Waals surface area (Å²) in [5.41, 5.74) is 10.3. The Kier molecular flexibility index (Phi) is 4.22. The number of hydrogen-bond donors (Lipinski definition) is 1. The lowest BCUT2D eigenvalue weighted by Crippen LogP contribution is -1.99. The second kappa shape index (κ2) is 5.72. The molecule has 0 aliphatic heterocycles. The summed E-state index contributed by atoms with van der Waals surface area (Å²) >= 11 is 1.63. The molecule has 1 aromatic heterocycles. The van der Waals surface area contributed by atoms with E-state index in [-0.39, 0.29) is 0 Å². The van der Waals surface area contributed by atoms with Crippen LogP contribution in [0, 0.1) is 27.7 Å². The summed E-state index contributed by atoms with van der Waals surface area (Å²) in [5.74, 6) is 0.966. The van der Waals surface area contributed by atoms with Gasteiger partial charge >= 0.3 is 0 Å². The van der Waals surface area contributed by atoms with Gasteiger partial charge in [-0.3, -0.25) is 0 Å². The Morgan fingerprint density at radius 2 is 1.79 bits per heavy atom. The highest BCUT2D eigenvalue weighted by Crippen LogP contribution is 2.26. The minimum absolute atomic E-state index is 0.510. The normalized spacial score (nSPS) is 10.8. The van der Waals surface area contributed by atoms with Crippen molar-refractivity contribution < 1.29 is 4.74 Å². The molecule has 2 aromatic rings. The predicted molar refractivity (Wildman–Crippen MR) is 79.7 cm³/mol. The summed E-state index contributed by atoms with van der Waals surface area (Å²) in [4.78, 5) is 5.62. The first kappa shape index (κ1) is 14.0. The van der Waals surface area contributed by atoms with Crippen molar-refractivity contribution in [1.82, 2.24) is 4.98 Å². The largest absolute Gasteiger partial charge is 0.486 e. The maximum absolute atomic E-state index is 5.93. The molecule has 0 unspecified atom stereocenters. The summed E-state index contributed by atoms with van der Waals surface area (Å²) in [6.07, 6.45) is 0.